The first-order valence-electron chi connectivity index (χ1n) is 38.2. The molecule has 14 rings (SSSR count). The quantitative estimate of drug-likeness (QED) is 0.0477. The molecule has 598 valence electrons. The van der Waals surface area contributed by atoms with E-state index in [9.17, 15) is 4.57 Å². The van der Waals surface area contributed by atoms with Crippen molar-refractivity contribution in [2.75, 3.05) is 46.1 Å². The molecular formula is C98H104Br3NO6P6Pd. The van der Waals surface area contributed by atoms with Gasteiger partial charge in [-0.15, -0.1) is 0 Å². The van der Waals surface area contributed by atoms with Crippen LogP contribution in [0.4, 0.5) is 0 Å². The van der Waals surface area contributed by atoms with Gasteiger partial charge in [0.15, 0.2) is 0 Å². The molecule has 0 aliphatic heterocycles. The smallest absolute Gasteiger partial charge is 0.328 e. The fraction of sp³-hybridized carbons (Fsp3) is 0.143. The zero-order valence-corrected chi connectivity index (χ0v) is 78.0. The molecule has 1 N–H and O–H groups in total. The molecule has 0 amide bonds. The summed E-state index contributed by atoms with van der Waals surface area (Å²) in [5, 5.41) is 17.4. The Morgan fingerprint density at radius 1 is 0.261 bits per heavy atom. The van der Waals surface area contributed by atoms with Crippen molar-refractivity contribution in [1.82, 2.24) is 4.90 Å². The number of hydrogen-bond donors (Lipinski definition) is 1. The van der Waals surface area contributed by atoms with E-state index in [0.29, 0.717) is 31.7 Å². The summed E-state index contributed by atoms with van der Waals surface area (Å²) in [5.74, 6) is 0. The van der Waals surface area contributed by atoms with Crippen molar-refractivity contribution in [1.29, 1.82) is 0 Å². The second-order valence-corrected chi connectivity index (χ2v) is 39.0. The van der Waals surface area contributed by atoms with Crippen molar-refractivity contribution >= 4 is 165 Å². The first kappa shape index (κ1) is 97.2. The van der Waals surface area contributed by atoms with Gasteiger partial charge in [-0.1, -0.05) is 445 Å². The predicted molar refractivity (Wildman–Crippen MR) is 513 cm³/mol. The van der Waals surface area contributed by atoms with Crippen LogP contribution in [0, 0.1) is 0 Å². The molecule has 0 aliphatic rings. The molecule has 0 spiro atoms. The standard InChI is InChI=1S/4C18H15P.C10H14BrO3P.C6H4Br2.C6H15N.C4H11O3P.Pd/c4*1-4-10-16(11-5-1)19(17-12-6-2-7-13-17)18-14-8-3-9-15-18;1-3-13-15(12,14-4-2)10-7-5-6-9(11)8-10;7-5-2-1-3-6(8)4-5;1-4-7(5-2)6-3;1-3-6-8(5)7-4-2;/h4*1-15H;5-8H,3-4H2,1-2H3;1-4H;4-6H2,1-3H3;5H,3-4H2,1-2H3;. The monoisotopic (exact) mass is 1920 g/mol. The Balaban J connectivity index is 0.000000209. The minimum absolute atomic E-state index is 0. The zero-order chi connectivity index (χ0) is 81.1. The van der Waals surface area contributed by atoms with Crippen molar-refractivity contribution in [3.8, 4) is 0 Å². The molecule has 0 aromatic heterocycles. The van der Waals surface area contributed by atoms with Crippen molar-refractivity contribution in [3.05, 3.63) is 426 Å². The summed E-state index contributed by atoms with van der Waals surface area (Å²) in [6, 6.07) is 144. The Bertz CT molecular complexity index is 3910. The van der Waals surface area contributed by atoms with E-state index in [-0.39, 0.29) is 20.4 Å². The van der Waals surface area contributed by atoms with Crippen molar-refractivity contribution in [3.63, 3.8) is 0 Å². The van der Waals surface area contributed by atoms with Crippen LogP contribution < -0.4 is 69.0 Å². The molecule has 14 aromatic carbocycles. The van der Waals surface area contributed by atoms with Gasteiger partial charge in [0, 0.05) is 33.8 Å². The van der Waals surface area contributed by atoms with Gasteiger partial charge in [0.2, 0.25) is 0 Å². The van der Waals surface area contributed by atoms with Crippen LogP contribution in [0.1, 0.15) is 48.5 Å². The molecule has 17 heteroatoms. The molecule has 115 heavy (non-hydrogen) atoms. The second-order valence-electron chi connectivity index (χ2n) is 24.3. The zero-order valence-electron chi connectivity index (χ0n) is 66.3. The normalized spacial score (nSPS) is 10.5. The number of hydrogen-bond acceptors (Lipinski definition) is 7. The molecule has 7 nitrogen and oxygen atoms in total. The van der Waals surface area contributed by atoms with Crippen LogP contribution in [0.5, 0.6) is 0 Å². The van der Waals surface area contributed by atoms with E-state index in [1.807, 2.05) is 50.2 Å². The molecule has 0 fully saturated rings. The topological polar surface area (TPSA) is 77.5 Å². The molecule has 0 saturated heterocycles. The van der Waals surface area contributed by atoms with Crippen molar-refractivity contribution in [2.45, 2.75) is 48.5 Å². The predicted octanol–water partition coefficient (Wildman–Crippen LogP) is 23.0. The van der Waals surface area contributed by atoms with Crippen LogP contribution in [0.15, 0.2) is 426 Å². The number of rotatable bonds is 24. The maximum atomic E-state index is 12.3. The molecule has 0 radical (unpaired) electrons. The van der Waals surface area contributed by atoms with Gasteiger partial charge in [0.25, 0.3) is 0 Å². The summed E-state index contributed by atoms with van der Waals surface area (Å²) >= 11 is 9.99. The van der Waals surface area contributed by atoms with Crippen LogP contribution in [-0.4, -0.2) is 55.9 Å². The molecule has 0 unspecified atom stereocenters. The Hall–Kier alpha value is -6.68. The van der Waals surface area contributed by atoms with E-state index in [4.69, 9.17) is 13.9 Å². The van der Waals surface area contributed by atoms with Crippen LogP contribution in [0.2, 0.25) is 0 Å². The van der Waals surface area contributed by atoms with Gasteiger partial charge in [-0.2, -0.15) is 0 Å². The van der Waals surface area contributed by atoms with Crippen molar-refractivity contribution in [2.24, 2.45) is 0 Å². The maximum Gasteiger partial charge on any atom is 0.361 e. The SMILES string of the molecule is Brc1cccc(Br)c1.CCN(CC)CC.CCOP(=O)(OCC)c1cccc(Br)c1.CCOP(O)OCC.[Pd].c1ccc(P(c2ccccc2)c2ccccc2)cc1.c1ccc(P(c2ccccc2)c2ccccc2)cc1.c1ccc(P(c2ccccc2)c2ccccc2)cc1.c1ccc(P(c2ccccc2)c2ccccc2)cc1. The molecule has 14 aromatic rings. The van der Waals surface area contributed by atoms with Gasteiger partial charge in [-0.3, -0.25) is 4.57 Å². The van der Waals surface area contributed by atoms with E-state index in [1.165, 1.54) is 83.3 Å². The third-order valence-corrected chi connectivity index (χ3v) is 30.8. The van der Waals surface area contributed by atoms with Gasteiger partial charge in [-0.25, -0.2) is 0 Å². The summed E-state index contributed by atoms with van der Waals surface area (Å²) in [6.45, 7) is 19.1. The first-order valence-corrected chi connectivity index (χ1v) is 48.6. The van der Waals surface area contributed by atoms with E-state index in [0.717, 1.165) is 13.4 Å². The Morgan fingerprint density at radius 2 is 0.435 bits per heavy atom. The Labute approximate surface area is 731 Å². The van der Waals surface area contributed by atoms with Crippen LogP contribution in [0.25, 0.3) is 0 Å². The van der Waals surface area contributed by atoms with Gasteiger partial charge in [0.1, 0.15) is 0 Å². The third-order valence-electron chi connectivity index (χ3n) is 16.5. The minimum Gasteiger partial charge on any atom is -0.328 e. The number of nitrogens with zero attached hydrogens (tertiary/aromatic N) is 1. The van der Waals surface area contributed by atoms with Crippen LogP contribution in [-0.2, 0) is 43.1 Å². The van der Waals surface area contributed by atoms with E-state index in [1.54, 1.807) is 26.0 Å². The average Bonchev–Trinajstić information content (AvgIpc) is 0.834. The van der Waals surface area contributed by atoms with E-state index >= 15 is 0 Å². The van der Waals surface area contributed by atoms with Gasteiger partial charge in [0.05, 0.1) is 31.7 Å². The first-order chi connectivity index (χ1) is 55.9. The van der Waals surface area contributed by atoms with E-state index < -0.39 is 47.9 Å². The third kappa shape index (κ3) is 35.4. The minimum atomic E-state index is -3.13. The van der Waals surface area contributed by atoms with Crippen LogP contribution in [0.3, 0.4) is 0 Å². The van der Waals surface area contributed by atoms with E-state index in [2.05, 4.69) is 446 Å². The molecular weight excluding hydrogens is 1820 g/mol. The number of benzene rings is 14. The maximum absolute atomic E-state index is 12.3. The largest absolute Gasteiger partial charge is 0.361 e. The van der Waals surface area contributed by atoms with Gasteiger partial charge >= 0.3 is 16.2 Å². The summed E-state index contributed by atoms with van der Waals surface area (Å²) in [4.78, 5) is 11.0. The van der Waals surface area contributed by atoms with Gasteiger partial charge in [-0.05, 0) is 179 Å². The fourth-order valence-electron chi connectivity index (χ4n) is 11.3. The average molecular weight is 1920 g/mol. The van der Waals surface area contributed by atoms with Crippen LogP contribution >= 0.6 is 95.7 Å². The molecule has 0 bridgehead atoms. The second kappa shape index (κ2) is 58.2. The number of halogens is 3. The summed E-state index contributed by atoms with van der Waals surface area (Å²) < 4.78 is 35.2. The fourth-order valence-corrected chi connectivity index (χ4v) is 24.3. The Kier molecular flexibility index (Phi) is 49.2. The molecule has 0 atom stereocenters. The van der Waals surface area contributed by atoms with Crippen molar-refractivity contribution < 1.29 is 48.0 Å². The van der Waals surface area contributed by atoms with Gasteiger partial charge < -0.3 is 27.9 Å². The summed E-state index contributed by atoms with van der Waals surface area (Å²) in [7, 11) is -6.49. The molecule has 0 saturated carbocycles. The summed E-state index contributed by atoms with van der Waals surface area (Å²) in [6.07, 6.45) is 0. The molecule has 0 heterocycles. The molecule has 0 aliphatic carbocycles. The Morgan fingerprint density at radius 3 is 0.565 bits per heavy atom. The summed E-state index contributed by atoms with van der Waals surface area (Å²) in [5.41, 5.74) is 0.